The molecule has 11 heavy (non-hydrogen) atoms. The minimum Gasteiger partial charge on any atom is -0.388 e. The first-order valence-electron chi connectivity index (χ1n) is 4.05. The van der Waals surface area contributed by atoms with Gasteiger partial charge in [-0.25, -0.2) is 0 Å². The molecule has 1 nitrogen and oxygen atoms in total. The Morgan fingerprint density at radius 1 is 1.36 bits per heavy atom. The zero-order chi connectivity index (χ0) is 7.84. The highest BCUT2D eigenvalue weighted by Gasteiger charge is 2.26. The fourth-order valence-electron chi connectivity index (χ4n) is 1.77. The van der Waals surface area contributed by atoms with Crippen LogP contribution in [0.2, 0.25) is 0 Å². The first-order valence-corrected chi connectivity index (χ1v) is 4.05. The highest BCUT2D eigenvalue weighted by molar-refractivity contribution is 5.34. The van der Waals surface area contributed by atoms with Gasteiger partial charge in [0.05, 0.1) is 6.10 Å². The lowest BCUT2D eigenvalue weighted by atomic mass is 10.1. The van der Waals surface area contributed by atoms with Gasteiger partial charge in [0, 0.05) is 0 Å². The quantitative estimate of drug-likeness (QED) is 0.596. The SMILES string of the molecule is CC1Cc2ccccc2C1O. The van der Waals surface area contributed by atoms with E-state index in [2.05, 4.69) is 13.0 Å². The highest BCUT2D eigenvalue weighted by atomic mass is 16.3. The molecule has 2 unspecified atom stereocenters. The van der Waals surface area contributed by atoms with E-state index in [1.807, 2.05) is 18.2 Å². The number of aliphatic hydroxyl groups excluding tert-OH is 1. The first kappa shape index (κ1) is 6.86. The number of hydrogen-bond acceptors (Lipinski definition) is 1. The molecule has 0 radical (unpaired) electrons. The summed E-state index contributed by atoms with van der Waals surface area (Å²) in [7, 11) is 0. The molecule has 0 aliphatic heterocycles. The molecule has 1 aliphatic rings. The minimum atomic E-state index is -0.230. The molecule has 0 fully saturated rings. The second-order valence-corrected chi connectivity index (χ2v) is 3.33. The van der Waals surface area contributed by atoms with Crippen LogP contribution in [-0.4, -0.2) is 5.11 Å². The molecular formula is C10H12O. The Bertz CT molecular complexity index is 267. The van der Waals surface area contributed by atoms with Crippen molar-refractivity contribution >= 4 is 0 Å². The van der Waals surface area contributed by atoms with Gasteiger partial charge in [-0.15, -0.1) is 0 Å². The Balaban J connectivity index is 2.47. The summed E-state index contributed by atoms with van der Waals surface area (Å²) in [5, 5.41) is 9.65. The van der Waals surface area contributed by atoms with E-state index >= 15 is 0 Å². The largest absolute Gasteiger partial charge is 0.388 e. The van der Waals surface area contributed by atoms with Crippen molar-refractivity contribution in [1.82, 2.24) is 0 Å². The maximum Gasteiger partial charge on any atom is 0.0821 e. The van der Waals surface area contributed by atoms with E-state index in [1.165, 1.54) is 5.56 Å². The highest BCUT2D eigenvalue weighted by Crippen LogP contribution is 2.34. The topological polar surface area (TPSA) is 20.2 Å². The van der Waals surface area contributed by atoms with Gasteiger partial charge < -0.3 is 5.11 Å². The van der Waals surface area contributed by atoms with Crippen LogP contribution in [0.4, 0.5) is 0 Å². The summed E-state index contributed by atoms with van der Waals surface area (Å²) in [6, 6.07) is 8.13. The minimum absolute atomic E-state index is 0.230. The average Bonchev–Trinajstić information content (AvgIpc) is 2.30. The Morgan fingerprint density at radius 3 is 2.82 bits per heavy atom. The van der Waals surface area contributed by atoms with Gasteiger partial charge in [0.1, 0.15) is 0 Å². The second kappa shape index (κ2) is 2.35. The monoisotopic (exact) mass is 148 g/mol. The Labute approximate surface area is 66.7 Å². The fraction of sp³-hybridized carbons (Fsp3) is 0.400. The number of aliphatic hydroxyl groups is 1. The second-order valence-electron chi connectivity index (χ2n) is 3.33. The molecule has 1 aromatic rings. The molecule has 0 spiro atoms. The molecule has 0 saturated heterocycles. The summed E-state index contributed by atoms with van der Waals surface area (Å²) in [4.78, 5) is 0. The van der Waals surface area contributed by atoms with Crippen LogP contribution in [0.5, 0.6) is 0 Å². The average molecular weight is 148 g/mol. The van der Waals surface area contributed by atoms with Crippen molar-refractivity contribution in [3.8, 4) is 0 Å². The zero-order valence-electron chi connectivity index (χ0n) is 6.62. The fourth-order valence-corrected chi connectivity index (χ4v) is 1.77. The van der Waals surface area contributed by atoms with E-state index < -0.39 is 0 Å². The van der Waals surface area contributed by atoms with Gasteiger partial charge in [0.2, 0.25) is 0 Å². The summed E-state index contributed by atoms with van der Waals surface area (Å²) in [5.41, 5.74) is 2.44. The van der Waals surface area contributed by atoms with Crippen molar-refractivity contribution in [3.63, 3.8) is 0 Å². The Kier molecular flexibility index (Phi) is 1.46. The number of benzene rings is 1. The number of hydrogen-bond donors (Lipinski definition) is 1. The van der Waals surface area contributed by atoms with E-state index in [4.69, 9.17) is 0 Å². The molecule has 0 saturated carbocycles. The lowest BCUT2D eigenvalue weighted by Crippen LogP contribution is -2.00. The van der Waals surface area contributed by atoms with Gasteiger partial charge >= 0.3 is 0 Å². The normalized spacial score (nSPS) is 28.5. The van der Waals surface area contributed by atoms with Crippen molar-refractivity contribution in [2.75, 3.05) is 0 Å². The van der Waals surface area contributed by atoms with Crippen molar-refractivity contribution in [1.29, 1.82) is 0 Å². The van der Waals surface area contributed by atoms with Gasteiger partial charge in [0.15, 0.2) is 0 Å². The molecule has 1 aliphatic carbocycles. The summed E-state index contributed by atoms with van der Waals surface area (Å²) < 4.78 is 0. The van der Waals surface area contributed by atoms with Crippen LogP contribution in [0.15, 0.2) is 24.3 Å². The van der Waals surface area contributed by atoms with Gasteiger partial charge in [-0.1, -0.05) is 31.2 Å². The van der Waals surface area contributed by atoms with Crippen molar-refractivity contribution in [3.05, 3.63) is 35.4 Å². The van der Waals surface area contributed by atoms with Crippen LogP contribution in [0.25, 0.3) is 0 Å². The van der Waals surface area contributed by atoms with Crippen LogP contribution in [0.3, 0.4) is 0 Å². The van der Waals surface area contributed by atoms with Gasteiger partial charge in [-0.3, -0.25) is 0 Å². The Morgan fingerprint density at radius 2 is 2.09 bits per heavy atom. The summed E-state index contributed by atoms with van der Waals surface area (Å²) >= 11 is 0. The molecule has 0 aromatic heterocycles. The van der Waals surface area contributed by atoms with E-state index in [0.29, 0.717) is 5.92 Å². The first-order chi connectivity index (χ1) is 5.29. The van der Waals surface area contributed by atoms with Crippen molar-refractivity contribution < 1.29 is 5.11 Å². The van der Waals surface area contributed by atoms with E-state index in [-0.39, 0.29) is 6.10 Å². The summed E-state index contributed by atoms with van der Waals surface area (Å²) in [6.07, 6.45) is 0.795. The summed E-state index contributed by atoms with van der Waals surface area (Å²) in [5.74, 6) is 0.396. The van der Waals surface area contributed by atoms with E-state index in [1.54, 1.807) is 0 Å². The molecule has 1 N–H and O–H groups in total. The van der Waals surface area contributed by atoms with Crippen LogP contribution in [0.1, 0.15) is 24.2 Å². The maximum absolute atomic E-state index is 9.65. The molecule has 0 bridgehead atoms. The molecule has 1 heteroatoms. The smallest absolute Gasteiger partial charge is 0.0821 e. The molecular weight excluding hydrogens is 136 g/mol. The Hall–Kier alpha value is -0.820. The van der Waals surface area contributed by atoms with Crippen molar-refractivity contribution in [2.45, 2.75) is 19.4 Å². The van der Waals surface area contributed by atoms with Crippen LogP contribution in [-0.2, 0) is 6.42 Å². The third-order valence-corrected chi connectivity index (χ3v) is 2.45. The van der Waals surface area contributed by atoms with Crippen molar-refractivity contribution in [2.24, 2.45) is 5.92 Å². The lowest BCUT2D eigenvalue weighted by Gasteiger charge is -2.07. The maximum atomic E-state index is 9.65. The molecule has 2 atom stereocenters. The third-order valence-electron chi connectivity index (χ3n) is 2.45. The summed E-state index contributed by atoms with van der Waals surface area (Å²) in [6.45, 7) is 2.09. The zero-order valence-corrected chi connectivity index (χ0v) is 6.62. The third kappa shape index (κ3) is 0.962. The van der Waals surface area contributed by atoms with Crippen LogP contribution in [0, 0.1) is 5.92 Å². The van der Waals surface area contributed by atoms with Crippen LogP contribution < -0.4 is 0 Å². The van der Waals surface area contributed by atoms with E-state index in [9.17, 15) is 5.11 Å². The lowest BCUT2D eigenvalue weighted by molar-refractivity contribution is 0.133. The molecule has 0 heterocycles. The number of fused-ring (bicyclic) bond motifs is 1. The van der Waals surface area contributed by atoms with Gasteiger partial charge in [0.25, 0.3) is 0 Å². The van der Waals surface area contributed by atoms with Gasteiger partial charge in [-0.05, 0) is 23.5 Å². The van der Waals surface area contributed by atoms with E-state index in [0.717, 1.165) is 12.0 Å². The molecule has 1 aromatic carbocycles. The predicted octanol–water partition coefficient (Wildman–Crippen LogP) is 1.91. The molecule has 2 rings (SSSR count). The number of rotatable bonds is 0. The van der Waals surface area contributed by atoms with Gasteiger partial charge in [-0.2, -0.15) is 0 Å². The predicted molar refractivity (Wildman–Crippen MR) is 44.3 cm³/mol. The molecule has 0 amide bonds. The standard InChI is InChI=1S/C10H12O/c1-7-6-8-4-2-3-5-9(8)10(7)11/h2-5,7,10-11H,6H2,1H3. The molecule has 58 valence electrons. The van der Waals surface area contributed by atoms with Crippen LogP contribution >= 0.6 is 0 Å².